The highest BCUT2D eigenvalue weighted by atomic mass is 32.2. The van der Waals surface area contributed by atoms with Gasteiger partial charge in [-0.3, -0.25) is 0 Å². The zero-order valence-electron chi connectivity index (χ0n) is 15.0. The summed E-state index contributed by atoms with van der Waals surface area (Å²) in [7, 11) is -3.98. The number of nitrogens with zero attached hydrogens (tertiary/aromatic N) is 3. The molecule has 1 heterocycles. The van der Waals surface area contributed by atoms with Crippen LogP contribution in [0.2, 0.25) is 0 Å². The van der Waals surface area contributed by atoms with Gasteiger partial charge in [-0.15, -0.1) is 0 Å². The number of benzene rings is 2. The van der Waals surface area contributed by atoms with Crippen molar-refractivity contribution in [1.82, 2.24) is 0 Å². The standard InChI is InChI=1S/C18H13F4N5O2S/c19-13-12(14(20)16(22)18(15(13)21)26-27-23)17-9-3-1-2-8(9)10-6-7(30(24,28)29)4-5-11(10)25-17/h1-2,4-6,8-9,17,25H,3H2,(H2,24,28,29)/t8-,9+,17-/m0/s1. The molecule has 3 N–H and O–H groups in total. The molecule has 0 saturated carbocycles. The molecule has 1 aliphatic carbocycles. The molecule has 156 valence electrons. The van der Waals surface area contributed by atoms with Crippen molar-refractivity contribution in [2.75, 3.05) is 5.32 Å². The van der Waals surface area contributed by atoms with E-state index in [1.165, 1.54) is 18.2 Å². The Bertz CT molecular complexity index is 1230. The average molecular weight is 439 g/mol. The number of nitrogens with one attached hydrogen (secondary N) is 1. The summed E-state index contributed by atoms with van der Waals surface area (Å²) in [6.45, 7) is 0. The summed E-state index contributed by atoms with van der Waals surface area (Å²) in [5.74, 6) is -7.92. The van der Waals surface area contributed by atoms with Crippen LogP contribution in [-0.2, 0) is 10.0 Å². The van der Waals surface area contributed by atoms with E-state index < -0.39 is 62.4 Å². The van der Waals surface area contributed by atoms with Gasteiger partial charge in [0.05, 0.1) is 16.5 Å². The molecule has 4 rings (SSSR count). The first-order chi connectivity index (χ1) is 14.1. The van der Waals surface area contributed by atoms with Crippen LogP contribution >= 0.6 is 0 Å². The topological polar surface area (TPSA) is 121 Å². The molecule has 0 saturated heterocycles. The third kappa shape index (κ3) is 3.00. The van der Waals surface area contributed by atoms with Crippen molar-refractivity contribution in [3.63, 3.8) is 0 Å². The van der Waals surface area contributed by atoms with Crippen molar-refractivity contribution in [2.45, 2.75) is 23.3 Å². The fraction of sp³-hybridized carbons (Fsp3) is 0.222. The van der Waals surface area contributed by atoms with E-state index in [1.54, 1.807) is 12.2 Å². The van der Waals surface area contributed by atoms with Crippen LogP contribution in [0.3, 0.4) is 0 Å². The van der Waals surface area contributed by atoms with Gasteiger partial charge in [-0.2, -0.15) is 0 Å². The van der Waals surface area contributed by atoms with Crippen molar-refractivity contribution in [1.29, 1.82) is 0 Å². The Kier molecular flexibility index (Phi) is 4.72. The summed E-state index contributed by atoms with van der Waals surface area (Å²) in [6, 6.07) is 2.79. The van der Waals surface area contributed by atoms with Crippen LogP contribution in [0, 0.1) is 29.2 Å². The minimum atomic E-state index is -3.98. The molecule has 2 aromatic rings. The highest BCUT2D eigenvalue weighted by Gasteiger charge is 2.42. The summed E-state index contributed by atoms with van der Waals surface area (Å²) in [4.78, 5) is 2.06. The molecule has 0 fully saturated rings. The second kappa shape index (κ2) is 7.01. The molecular formula is C18H13F4N5O2S. The van der Waals surface area contributed by atoms with Gasteiger partial charge >= 0.3 is 0 Å². The van der Waals surface area contributed by atoms with Crippen molar-refractivity contribution >= 4 is 21.4 Å². The molecule has 2 aliphatic rings. The first-order valence-electron chi connectivity index (χ1n) is 8.66. The van der Waals surface area contributed by atoms with Crippen LogP contribution in [0.5, 0.6) is 0 Å². The minimum absolute atomic E-state index is 0.131. The summed E-state index contributed by atoms with van der Waals surface area (Å²) in [5, 5.41) is 10.7. The van der Waals surface area contributed by atoms with Gasteiger partial charge in [-0.1, -0.05) is 17.3 Å². The number of primary sulfonamides is 1. The lowest BCUT2D eigenvalue weighted by atomic mass is 9.76. The summed E-state index contributed by atoms with van der Waals surface area (Å²) in [5.41, 5.74) is 7.02. The van der Waals surface area contributed by atoms with Crippen LogP contribution in [0.1, 0.15) is 29.5 Å². The van der Waals surface area contributed by atoms with Crippen molar-refractivity contribution in [3.8, 4) is 0 Å². The maximum atomic E-state index is 14.7. The van der Waals surface area contributed by atoms with Crippen LogP contribution in [-0.4, -0.2) is 8.42 Å². The molecule has 30 heavy (non-hydrogen) atoms. The van der Waals surface area contributed by atoms with E-state index in [4.69, 9.17) is 10.7 Å². The predicted molar refractivity (Wildman–Crippen MR) is 99.2 cm³/mol. The number of allylic oxidation sites excluding steroid dienone is 2. The number of hydrogen-bond donors (Lipinski definition) is 2. The lowest BCUT2D eigenvalue weighted by molar-refractivity contribution is 0.374. The maximum Gasteiger partial charge on any atom is 0.238 e. The van der Waals surface area contributed by atoms with Gasteiger partial charge in [-0.05, 0) is 41.6 Å². The zero-order chi connectivity index (χ0) is 21.8. The Morgan fingerprint density at radius 3 is 2.40 bits per heavy atom. The molecule has 12 heteroatoms. The fourth-order valence-corrected chi connectivity index (χ4v) is 4.63. The first-order valence-corrected chi connectivity index (χ1v) is 10.2. The molecule has 0 bridgehead atoms. The van der Waals surface area contributed by atoms with Crippen LogP contribution in [0.4, 0.5) is 28.9 Å². The molecule has 3 atom stereocenters. The minimum Gasteiger partial charge on any atom is -0.377 e. The molecule has 2 aromatic carbocycles. The second-order valence-corrected chi connectivity index (χ2v) is 8.54. The van der Waals surface area contributed by atoms with E-state index in [2.05, 4.69) is 15.3 Å². The first kappa shape index (κ1) is 20.2. The molecule has 0 aromatic heterocycles. The van der Waals surface area contributed by atoms with E-state index in [0.717, 1.165) is 0 Å². The van der Waals surface area contributed by atoms with Crippen molar-refractivity contribution in [3.05, 3.63) is 75.2 Å². The van der Waals surface area contributed by atoms with Gasteiger partial charge in [0, 0.05) is 16.5 Å². The Labute approximate surface area is 167 Å². The number of anilines is 1. The Balaban J connectivity index is 1.89. The lowest BCUT2D eigenvalue weighted by Gasteiger charge is -2.38. The van der Waals surface area contributed by atoms with Gasteiger partial charge in [0.1, 0.15) is 5.69 Å². The largest absolute Gasteiger partial charge is 0.377 e. The highest BCUT2D eigenvalue weighted by Crippen LogP contribution is 2.51. The van der Waals surface area contributed by atoms with E-state index in [1.807, 2.05) is 0 Å². The van der Waals surface area contributed by atoms with Gasteiger partial charge in [0.25, 0.3) is 0 Å². The van der Waals surface area contributed by atoms with Gasteiger partial charge in [0.2, 0.25) is 10.0 Å². The van der Waals surface area contributed by atoms with Crippen molar-refractivity contribution < 1.29 is 26.0 Å². The molecule has 7 nitrogen and oxygen atoms in total. The Morgan fingerprint density at radius 2 is 1.80 bits per heavy atom. The molecular weight excluding hydrogens is 426 g/mol. The number of hydrogen-bond acceptors (Lipinski definition) is 4. The number of rotatable bonds is 3. The highest BCUT2D eigenvalue weighted by molar-refractivity contribution is 7.89. The predicted octanol–water partition coefficient (Wildman–Crippen LogP) is 4.66. The number of sulfonamides is 1. The molecule has 0 radical (unpaired) electrons. The molecule has 0 unspecified atom stereocenters. The number of azide groups is 1. The fourth-order valence-electron chi connectivity index (χ4n) is 4.08. The third-order valence-corrected chi connectivity index (χ3v) is 6.30. The average Bonchev–Trinajstić information content (AvgIpc) is 3.19. The maximum absolute atomic E-state index is 14.7. The smallest absolute Gasteiger partial charge is 0.238 e. The van der Waals surface area contributed by atoms with Gasteiger partial charge < -0.3 is 5.32 Å². The van der Waals surface area contributed by atoms with Crippen LogP contribution < -0.4 is 10.5 Å². The normalized spacial score (nSPS) is 22.1. The van der Waals surface area contributed by atoms with Crippen LogP contribution in [0.25, 0.3) is 10.4 Å². The molecule has 0 spiro atoms. The van der Waals surface area contributed by atoms with E-state index in [9.17, 15) is 26.0 Å². The Hall–Kier alpha value is -3.08. The van der Waals surface area contributed by atoms with E-state index >= 15 is 0 Å². The monoisotopic (exact) mass is 439 g/mol. The SMILES string of the molecule is [N-]=[N+]=Nc1c(F)c(F)c([C@H]2Nc3ccc(S(N)(=O)=O)cc3[C@H]3C=CC[C@H]32)c(F)c1F. The number of fused-ring (bicyclic) bond motifs is 3. The van der Waals surface area contributed by atoms with E-state index in [0.29, 0.717) is 17.7 Å². The molecule has 0 amide bonds. The summed E-state index contributed by atoms with van der Waals surface area (Å²) in [6.07, 6.45) is 3.79. The van der Waals surface area contributed by atoms with Gasteiger partial charge in [-0.25, -0.2) is 31.1 Å². The third-order valence-electron chi connectivity index (χ3n) is 5.39. The second-order valence-electron chi connectivity index (χ2n) is 6.98. The number of nitrogens with two attached hydrogens (primary N) is 1. The number of halogens is 4. The Morgan fingerprint density at radius 1 is 1.13 bits per heavy atom. The zero-order valence-corrected chi connectivity index (χ0v) is 15.8. The summed E-state index contributed by atoms with van der Waals surface area (Å²) >= 11 is 0. The quantitative estimate of drug-likeness (QED) is 0.181. The summed E-state index contributed by atoms with van der Waals surface area (Å²) < 4.78 is 81.4. The van der Waals surface area contributed by atoms with Crippen molar-refractivity contribution in [2.24, 2.45) is 16.2 Å². The van der Waals surface area contributed by atoms with Crippen LogP contribution in [0.15, 0.2) is 40.4 Å². The van der Waals surface area contributed by atoms with Gasteiger partial charge in [0.15, 0.2) is 23.3 Å². The lowest BCUT2D eigenvalue weighted by Crippen LogP contribution is -2.31. The molecule has 1 aliphatic heterocycles. The van der Waals surface area contributed by atoms with E-state index in [-0.39, 0.29) is 4.90 Å².